The van der Waals surface area contributed by atoms with Gasteiger partial charge in [0.25, 0.3) is 23.6 Å². The minimum atomic E-state index is -1.42. The van der Waals surface area contributed by atoms with Crippen LogP contribution >= 0.6 is 0 Å². The van der Waals surface area contributed by atoms with E-state index in [1.54, 1.807) is 48.5 Å². The van der Waals surface area contributed by atoms with Gasteiger partial charge in [-0.3, -0.25) is 38.6 Å². The Morgan fingerprint density at radius 2 is 0.643 bits per heavy atom. The molecule has 4 aliphatic heterocycles. The van der Waals surface area contributed by atoms with Crippen LogP contribution in [0.3, 0.4) is 0 Å². The number of carbonyl (C=O) groups is 6. The van der Waals surface area contributed by atoms with Crippen molar-refractivity contribution in [2.45, 2.75) is 170 Å². The van der Waals surface area contributed by atoms with Crippen molar-refractivity contribution < 1.29 is 66.7 Å². The number of ether oxygens (including phenoxy) is 8. The molecule has 0 aliphatic carbocycles. The highest BCUT2D eigenvalue weighted by molar-refractivity contribution is 6.45. The smallest absolute Gasteiger partial charge is 0.262 e. The van der Waals surface area contributed by atoms with E-state index in [0.29, 0.717) is 60.9 Å². The molecule has 0 saturated carbocycles. The second-order valence-electron chi connectivity index (χ2n) is 34.7. The predicted octanol–water partition coefficient (Wildman–Crippen LogP) is 19.7. The number of amides is 6. The molecule has 4 aliphatic rings. The molecule has 0 spiro atoms. The van der Waals surface area contributed by atoms with Crippen LogP contribution in [-0.2, 0) is 40.7 Å². The summed E-state index contributed by atoms with van der Waals surface area (Å²) in [5, 5.41) is 7.94. The molecule has 11 aromatic rings. The van der Waals surface area contributed by atoms with E-state index in [-0.39, 0.29) is 159 Å². The van der Waals surface area contributed by atoms with E-state index < -0.39 is 47.5 Å². The van der Waals surface area contributed by atoms with Crippen molar-refractivity contribution in [3.05, 3.63) is 202 Å². The van der Waals surface area contributed by atoms with Crippen LogP contribution in [0.25, 0.3) is 43.1 Å². The van der Waals surface area contributed by atoms with Crippen LogP contribution in [0.5, 0.6) is 57.5 Å². The van der Waals surface area contributed by atoms with Crippen LogP contribution in [0.15, 0.2) is 158 Å². The number of nitrogens with one attached hydrogen (secondary N) is 2. The summed E-state index contributed by atoms with van der Waals surface area (Å²) in [6.07, 6.45) is 2.98. The largest absolute Gasteiger partial charge is 0.491 e. The van der Waals surface area contributed by atoms with Crippen molar-refractivity contribution >= 4 is 90.2 Å². The Morgan fingerprint density at radius 1 is 0.384 bits per heavy atom. The molecule has 9 aromatic carbocycles. The van der Waals surface area contributed by atoms with E-state index in [1.807, 2.05) is 125 Å². The summed E-state index contributed by atoms with van der Waals surface area (Å²) in [6.45, 7) is 34.7. The van der Waals surface area contributed by atoms with Gasteiger partial charge in [-0.25, -0.2) is 9.97 Å². The molecule has 15 rings (SSSR count). The Hall–Kier alpha value is -11.5. The van der Waals surface area contributed by atoms with Crippen LogP contribution < -0.4 is 39.1 Å². The van der Waals surface area contributed by atoms with Crippen molar-refractivity contribution in [3.63, 3.8) is 0 Å². The Balaban J connectivity index is 1.05. The number of nitrogens with zero attached hydrogens (tertiary/aromatic N) is 4. The minimum absolute atomic E-state index is 0.00155. The molecular formula is C92H94N6O14. The molecule has 6 heterocycles. The van der Waals surface area contributed by atoms with E-state index >= 15 is 28.8 Å². The average Bonchev–Trinajstić information content (AvgIpc) is 0.857. The summed E-state index contributed by atoms with van der Waals surface area (Å²) in [5.41, 5.74) is 2.94. The maximum atomic E-state index is 16.6. The maximum absolute atomic E-state index is 16.6. The summed E-state index contributed by atoms with van der Waals surface area (Å²) in [4.78, 5) is 108. The van der Waals surface area contributed by atoms with Crippen molar-refractivity contribution in [1.82, 2.24) is 19.8 Å². The first-order chi connectivity index (χ1) is 53.1. The van der Waals surface area contributed by atoms with E-state index in [0.717, 1.165) is 32.1 Å². The summed E-state index contributed by atoms with van der Waals surface area (Å²) in [5.74, 6) is -2.18. The first-order valence-corrected chi connectivity index (χ1v) is 38.4. The van der Waals surface area contributed by atoms with E-state index in [2.05, 4.69) is 104 Å². The quantitative estimate of drug-likeness (QED) is 0.0247. The van der Waals surface area contributed by atoms with Gasteiger partial charge in [-0.1, -0.05) is 159 Å². The molecule has 4 atom stereocenters. The molecule has 20 nitrogen and oxygen atoms in total. The lowest BCUT2D eigenvalue weighted by Gasteiger charge is -2.36. The summed E-state index contributed by atoms with van der Waals surface area (Å²) >= 11 is 0. The Morgan fingerprint density at radius 3 is 0.875 bits per heavy atom. The maximum Gasteiger partial charge on any atom is 0.262 e. The van der Waals surface area contributed by atoms with E-state index in [9.17, 15) is 0 Å². The van der Waals surface area contributed by atoms with Crippen LogP contribution in [0.1, 0.15) is 187 Å². The second-order valence-corrected chi connectivity index (χ2v) is 34.7. The summed E-state index contributed by atoms with van der Waals surface area (Å²) in [7, 11) is 0. The van der Waals surface area contributed by atoms with Gasteiger partial charge in [-0.15, -0.1) is 0 Å². The SMILES string of the molecule is CC(C)CC(C(=O)Nc1cc(OCC2CO2)ccn1)N1C(=O)c2cc(Oc3ccc(C(C)(C)C)cc3)c3c4c(Oc5ccc(C(C)(C)C)cc5)cc5c6c(cc(Oc7ccc(C(C)(C)C)cc7)c(c7c(Oc8ccc(C(C)(C)C)cc8)cc(c2c37)C1=O)c64)C(=O)N(C(CC(C)C)C(=O)Nc1cc(OCC2CO2)ccn1)C5=O. The molecule has 2 N–H and O–H groups in total. The first-order valence-electron chi connectivity index (χ1n) is 38.4. The zero-order valence-corrected chi connectivity index (χ0v) is 66.2. The molecule has 0 radical (unpaired) electrons. The Kier molecular flexibility index (Phi) is 19.7. The molecule has 576 valence electrons. The lowest BCUT2D eigenvalue weighted by atomic mass is 9.80. The Labute approximate surface area is 651 Å². The summed E-state index contributed by atoms with van der Waals surface area (Å²) < 4.78 is 52.3. The first kappa shape index (κ1) is 75.9. The van der Waals surface area contributed by atoms with Gasteiger partial charge >= 0.3 is 0 Å². The number of rotatable bonds is 24. The number of benzene rings is 9. The average molecular weight is 1510 g/mol. The van der Waals surface area contributed by atoms with Gasteiger partial charge in [0.05, 0.1) is 35.5 Å². The molecule has 2 saturated heterocycles. The van der Waals surface area contributed by atoms with E-state index in [4.69, 9.17) is 37.9 Å². The lowest BCUT2D eigenvalue weighted by Crippen LogP contribution is -2.52. The highest BCUT2D eigenvalue weighted by Gasteiger charge is 2.47. The van der Waals surface area contributed by atoms with Gasteiger partial charge < -0.3 is 48.5 Å². The molecule has 2 fully saturated rings. The van der Waals surface area contributed by atoms with Crippen LogP contribution in [0, 0.1) is 11.8 Å². The highest BCUT2D eigenvalue weighted by atomic mass is 16.6. The molecule has 4 unspecified atom stereocenters. The normalized spacial score (nSPS) is 16.2. The standard InChI is InChI=1S/C92H94N6O14/c1-49(2)37-67(83(99)95-73-39-59(33-35-93-73)105-45-61-47-107-61)97-85(101)63-41-69(109-55-25-17-51(18-26-55)89(5,6)7)77-79-71(111-57-29-21-53(22-30-57)91(11,12)13)43-65-76-66(88(104)98(87(65)103)68(38-50(3)4)84(100)96-74-40-60(34-36-94-74)106-46-62-48-108-62)44-72(112-58-31-23-54(24-32-58)92(14,15)16)80(82(76)79)78-70(42-64(86(97)102)75(63)81(77)78)110-56-27-19-52(20-28-56)90(8,9)10/h17-36,39-44,49-50,61-62,67-68H,37-38,45-48H2,1-16H3,(H,93,95,99)(H,94,96,100). The van der Waals surface area contributed by atoms with Gasteiger partial charge in [0.1, 0.15) is 107 Å². The van der Waals surface area contributed by atoms with Gasteiger partial charge in [0, 0.05) is 67.6 Å². The van der Waals surface area contributed by atoms with Crippen LogP contribution in [-0.4, -0.2) is 106 Å². The monoisotopic (exact) mass is 1510 g/mol. The molecule has 20 heteroatoms. The zero-order valence-electron chi connectivity index (χ0n) is 66.2. The number of fused-ring (bicyclic) bond motifs is 2. The number of carbonyl (C=O) groups excluding carboxylic acids is 6. The molecule has 0 bridgehead atoms. The number of anilines is 2. The fraction of sp³-hybridized carbons (Fsp3) is 0.348. The number of epoxide rings is 2. The van der Waals surface area contributed by atoms with Gasteiger partial charge in [-0.2, -0.15) is 0 Å². The van der Waals surface area contributed by atoms with Gasteiger partial charge in [0.15, 0.2) is 0 Å². The lowest BCUT2D eigenvalue weighted by molar-refractivity contribution is -0.121. The van der Waals surface area contributed by atoms with Crippen molar-refractivity contribution in [3.8, 4) is 57.5 Å². The van der Waals surface area contributed by atoms with Crippen molar-refractivity contribution in [2.24, 2.45) is 11.8 Å². The van der Waals surface area contributed by atoms with E-state index in [1.165, 1.54) is 12.4 Å². The number of imide groups is 2. The van der Waals surface area contributed by atoms with Gasteiger partial charge in [0.2, 0.25) is 11.8 Å². The third-order valence-electron chi connectivity index (χ3n) is 21.0. The number of hydrogen-bond acceptors (Lipinski definition) is 16. The highest BCUT2D eigenvalue weighted by Crippen LogP contribution is 2.59. The van der Waals surface area contributed by atoms with Crippen LogP contribution in [0.2, 0.25) is 0 Å². The minimum Gasteiger partial charge on any atom is -0.491 e. The molecule has 6 amide bonds. The fourth-order valence-electron chi connectivity index (χ4n) is 14.8. The third-order valence-corrected chi connectivity index (χ3v) is 21.0. The molecular weight excluding hydrogens is 1410 g/mol. The molecule has 2 aromatic heterocycles. The predicted molar refractivity (Wildman–Crippen MR) is 432 cm³/mol. The number of aromatic nitrogens is 2. The molecule has 112 heavy (non-hydrogen) atoms. The zero-order chi connectivity index (χ0) is 79.4. The van der Waals surface area contributed by atoms with Crippen molar-refractivity contribution in [1.29, 1.82) is 0 Å². The third kappa shape index (κ3) is 15.2. The topological polar surface area (TPSA) is 239 Å². The Bertz CT molecular complexity index is 4970. The number of pyridine rings is 2. The summed E-state index contributed by atoms with van der Waals surface area (Å²) in [6, 6.07) is 40.7. The van der Waals surface area contributed by atoms with Gasteiger partial charge in [-0.05, 0) is 154 Å². The van der Waals surface area contributed by atoms with Crippen LogP contribution in [0.4, 0.5) is 11.6 Å². The second kappa shape index (κ2) is 29.0. The fourth-order valence-corrected chi connectivity index (χ4v) is 14.8. The van der Waals surface area contributed by atoms with Crippen molar-refractivity contribution in [2.75, 3.05) is 37.1 Å². The number of hydrogen-bond donors (Lipinski definition) is 2.